The average Bonchev–Trinajstić information content (AvgIpc) is 3.28. The molecule has 0 bridgehead atoms. The van der Waals surface area contributed by atoms with Crippen molar-refractivity contribution in [3.8, 4) is 0 Å². The molecule has 3 heterocycles. The number of carbonyl (C=O) groups excluding carboxylic acids is 1. The minimum absolute atomic E-state index is 0.225. The van der Waals surface area contributed by atoms with Crippen molar-refractivity contribution in [1.82, 2.24) is 19.5 Å². The van der Waals surface area contributed by atoms with E-state index in [-0.39, 0.29) is 5.82 Å². The maximum absolute atomic E-state index is 11.8. The third kappa shape index (κ3) is 5.01. The second-order valence-electron chi connectivity index (χ2n) is 7.12. The van der Waals surface area contributed by atoms with Gasteiger partial charge < -0.3 is 31.2 Å². The molecule has 1 fully saturated rings. The fourth-order valence-corrected chi connectivity index (χ4v) is 4.20. The molecule has 0 unspecified atom stereocenters. The van der Waals surface area contributed by atoms with Crippen LogP contribution in [0.2, 0.25) is 0 Å². The normalized spacial score (nSPS) is 24.9. The summed E-state index contributed by atoms with van der Waals surface area (Å²) in [5.41, 5.74) is 12.5. The zero-order chi connectivity index (χ0) is 21.7. The Hall–Kier alpha value is -1.99. The van der Waals surface area contributed by atoms with E-state index in [0.717, 1.165) is 12.8 Å². The Kier molecular flexibility index (Phi) is 7.83. The third-order valence-corrected chi connectivity index (χ3v) is 5.99. The van der Waals surface area contributed by atoms with Crippen molar-refractivity contribution in [2.75, 3.05) is 23.8 Å². The molecule has 0 radical (unpaired) electrons. The first kappa shape index (κ1) is 22.7. The Bertz CT molecular complexity index is 852. The van der Waals surface area contributed by atoms with Crippen LogP contribution in [0.5, 0.6) is 0 Å². The highest BCUT2D eigenvalue weighted by molar-refractivity contribution is 7.99. The number of aromatic nitrogens is 4. The number of aliphatic hydroxyl groups excluding tert-OH is 2. The first-order chi connectivity index (χ1) is 14.4. The van der Waals surface area contributed by atoms with E-state index in [0.29, 0.717) is 35.7 Å². The van der Waals surface area contributed by atoms with Gasteiger partial charge in [-0.25, -0.2) is 15.0 Å². The van der Waals surface area contributed by atoms with Crippen molar-refractivity contribution in [3.05, 3.63) is 12.7 Å². The maximum Gasteiger partial charge on any atom is 0.322 e. The largest absolute Gasteiger partial charge is 0.465 e. The molecule has 0 aromatic carbocycles. The van der Waals surface area contributed by atoms with Gasteiger partial charge in [-0.05, 0) is 18.6 Å². The lowest BCUT2D eigenvalue weighted by Crippen LogP contribution is -2.34. The fraction of sp³-hybridized carbons (Fsp3) is 0.667. The van der Waals surface area contributed by atoms with Crippen LogP contribution >= 0.6 is 11.8 Å². The summed E-state index contributed by atoms with van der Waals surface area (Å²) >= 11 is 1.48. The molecule has 12 heteroatoms. The molecule has 0 spiro atoms. The lowest BCUT2D eigenvalue weighted by molar-refractivity contribution is -0.145. The number of nitrogens with two attached hydrogens (primary N) is 2. The second kappa shape index (κ2) is 10.4. The van der Waals surface area contributed by atoms with E-state index in [1.807, 2.05) is 6.92 Å². The molecule has 5 atom stereocenters. The van der Waals surface area contributed by atoms with Crippen LogP contribution in [0, 0.1) is 0 Å². The second-order valence-corrected chi connectivity index (χ2v) is 8.27. The number of anilines is 1. The number of ether oxygens (including phenoxy) is 2. The van der Waals surface area contributed by atoms with Gasteiger partial charge in [-0.3, -0.25) is 9.36 Å². The number of rotatable bonds is 10. The molecular weight excluding hydrogens is 412 g/mol. The highest BCUT2D eigenvalue weighted by atomic mass is 32.2. The van der Waals surface area contributed by atoms with E-state index in [4.69, 9.17) is 20.9 Å². The van der Waals surface area contributed by atoms with E-state index in [2.05, 4.69) is 15.0 Å². The molecule has 3 rings (SSSR count). The lowest BCUT2D eigenvalue weighted by Gasteiger charge is -2.16. The van der Waals surface area contributed by atoms with E-state index in [9.17, 15) is 15.0 Å². The minimum Gasteiger partial charge on any atom is -0.465 e. The number of hydrogen-bond acceptors (Lipinski definition) is 11. The summed E-state index contributed by atoms with van der Waals surface area (Å²) < 4.78 is 12.5. The SMILES string of the molecule is CCCCOC(=O)[C@@H](N)CCSC[C@H]1O[C@@H](n2cnc3c(N)ncnc32)[C@H](O)[C@@H]1O. The molecule has 166 valence electrons. The minimum atomic E-state index is -1.15. The molecule has 0 amide bonds. The van der Waals surface area contributed by atoms with Crippen molar-refractivity contribution >= 4 is 34.7 Å². The zero-order valence-electron chi connectivity index (χ0n) is 16.8. The number of thioether (sulfide) groups is 1. The molecule has 11 nitrogen and oxygen atoms in total. The Morgan fingerprint density at radius 3 is 2.93 bits per heavy atom. The summed E-state index contributed by atoms with van der Waals surface area (Å²) in [5.74, 6) is 0.846. The van der Waals surface area contributed by atoms with Gasteiger partial charge in [-0.1, -0.05) is 13.3 Å². The summed E-state index contributed by atoms with van der Waals surface area (Å²) in [4.78, 5) is 24.0. The number of fused-ring (bicyclic) bond motifs is 1. The molecule has 1 saturated heterocycles. The van der Waals surface area contributed by atoms with Crippen molar-refractivity contribution in [2.45, 2.75) is 56.8 Å². The molecule has 1 aliphatic rings. The van der Waals surface area contributed by atoms with Crippen LogP contribution in [0.4, 0.5) is 5.82 Å². The predicted molar refractivity (Wildman–Crippen MR) is 111 cm³/mol. The van der Waals surface area contributed by atoms with Crippen LogP contribution < -0.4 is 11.5 Å². The lowest BCUT2D eigenvalue weighted by atomic mass is 10.1. The van der Waals surface area contributed by atoms with Gasteiger partial charge in [0.05, 0.1) is 19.0 Å². The fourth-order valence-electron chi connectivity index (χ4n) is 3.10. The first-order valence-corrected chi connectivity index (χ1v) is 11.0. The van der Waals surface area contributed by atoms with E-state index in [1.54, 1.807) is 0 Å². The number of unbranched alkanes of at least 4 members (excludes halogenated alkanes) is 1. The monoisotopic (exact) mass is 440 g/mol. The van der Waals surface area contributed by atoms with Gasteiger partial charge in [-0.2, -0.15) is 11.8 Å². The Morgan fingerprint density at radius 2 is 2.17 bits per heavy atom. The molecule has 1 aliphatic heterocycles. The summed E-state index contributed by atoms with van der Waals surface area (Å²) in [6, 6.07) is -0.676. The zero-order valence-corrected chi connectivity index (χ0v) is 17.6. The van der Waals surface area contributed by atoms with E-state index < -0.39 is 36.6 Å². The van der Waals surface area contributed by atoms with Gasteiger partial charge in [0.2, 0.25) is 0 Å². The van der Waals surface area contributed by atoms with Crippen molar-refractivity contribution in [3.63, 3.8) is 0 Å². The van der Waals surface area contributed by atoms with Crippen LogP contribution in [0.1, 0.15) is 32.4 Å². The van der Waals surface area contributed by atoms with Crippen LogP contribution in [0.15, 0.2) is 12.7 Å². The van der Waals surface area contributed by atoms with Crippen LogP contribution in [0.3, 0.4) is 0 Å². The first-order valence-electron chi connectivity index (χ1n) is 9.88. The highest BCUT2D eigenvalue weighted by Gasteiger charge is 2.44. The number of esters is 1. The smallest absolute Gasteiger partial charge is 0.322 e. The van der Waals surface area contributed by atoms with Gasteiger partial charge >= 0.3 is 5.97 Å². The van der Waals surface area contributed by atoms with Gasteiger partial charge in [0.1, 0.15) is 30.1 Å². The average molecular weight is 441 g/mol. The van der Waals surface area contributed by atoms with Crippen molar-refractivity contribution in [2.24, 2.45) is 5.73 Å². The quantitative estimate of drug-likeness (QED) is 0.285. The van der Waals surface area contributed by atoms with E-state index in [1.165, 1.54) is 29.0 Å². The Labute approximate surface area is 178 Å². The summed E-state index contributed by atoms with van der Waals surface area (Å²) in [5, 5.41) is 20.9. The van der Waals surface area contributed by atoms with Crippen LogP contribution in [0.25, 0.3) is 11.2 Å². The Morgan fingerprint density at radius 1 is 1.37 bits per heavy atom. The number of hydrogen-bond donors (Lipinski definition) is 4. The van der Waals surface area contributed by atoms with Crippen molar-refractivity contribution < 1.29 is 24.5 Å². The molecule has 2 aromatic rings. The van der Waals surface area contributed by atoms with Crippen LogP contribution in [-0.2, 0) is 14.3 Å². The number of nitrogen functional groups attached to an aromatic ring is 1. The topological polar surface area (TPSA) is 172 Å². The van der Waals surface area contributed by atoms with Crippen LogP contribution in [-0.4, -0.2) is 78.2 Å². The van der Waals surface area contributed by atoms with Crippen molar-refractivity contribution in [1.29, 1.82) is 0 Å². The molecule has 0 aliphatic carbocycles. The highest BCUT2D eigenvalue weighted by Crippen LogP contribution is 2.33. The number of carbonyl (C=O) groups is 1. The third-order valence-electron chi connectivity index (χ3n) is 4.90. The van der Waals surface area contributed by atoms with E-state index >= 15 is 0 Å². The number of nitrogens with zero attached hydrogens (tertiary/aromatic N) is 4. The summed E-state index contributed by atoms with van der Waals surface area (Å²) in [6.07, 6.45) is 1.30. The Balaban J connectivity index is 1.50. The van der Waals surface area contributed by atoms with Gasteiger partial charge in [0.15, 0.2) is 17.7 Å². The molecule has 6 N–H and O–H groups in total. The molecular formula is C18H28N6O5S. The molecule has 0 saturated carbocycles. The molecule has 2 aromatic heterocycles. The number of imidazole rings is 1. The number of aliphatic hydroxyl groups is 2. The predicted octanol–water partition coefficient (Wildman–Crippen LogP) is -0.178. The standard InChI is InChI=1S/C18H28N6O5S/c1-2-3-5-28-18(27)10(19)4-6-30-7-11-13(25)14(26)17(29-11)24-9-23-12-15(20)21-8-22-16(12)24/h8-11,13-14,17,25-26H,2-7,19H2,1H3,(H2,20,21,22)/t10-,11+,13+,14+,17+/m0/s1. The summed E-state index contributed by atoms with van der Waals surface area (Å²) in [6.45, 7) is 2.40. The molecule has 30 heavy (non-hydrogen) atoms. The van der Waals surface area contributed by atoms with Gasteiger partial charge in [0, 0.05) is 5.75 Å². The van der Waals surface area contributed by atoms with Gasteiger partial charge in [-0.15, -0.1) is 0 Å². The summed E-state index contributed by atoms with van der Waals surface area (Å²) in [7, 11) is 0. The maximum atomic E-state index is 11.8. The van der Waals surface area contributed by atoms with Gasteiger partial charge in [0.25, 0.3) is 0 Å².